The Morgan fingerprint density at radius 1 is 1.23 bits per heavy atom. The lowest BCUT2D eigenvalue weighted by Crippen LogP contribution is -2.44. The third-order valence-electron chi connectivity index (χ3n) is 8.66. The van der Waals surface area contributed by atoms with E-state index in [0.717, 1.165) is 16.5 Å². The summed E-state index contributed by atoms with van der Waals surface area (Å²) in [7, 11) is 0. The van der Waals surface area contributed by atoms with Gasteiger partial charge in [-0.15, -0.1) is 0 Å². The van der Waals surface area contributed by atoms with Gasteiger partial charge in [-0.3, -0.25) is 14.4 Å². The Hall–Kier alpha value is -4.20. The van der Waals surface area contributed by atoms with Gasteiger partial charge in [0.05, 0.1) is 41.7 Å². The highest BCUT2D eigenvalue weighted by atomic mass is 19.1. The van der Waals surface area contributed by atoms with Crippen LogP contribution in [0, 0.1) is 12.7 Å². The number of ether oxygens (including phenoxy) is 2. The molecule has 0 spiro atoms. The topological polar surface area (TPSA) is 169 Å². The van der Waals surface area contributed by atoms with E-state index in [-0.39, 0.29) is 57.1 Å². The molecule has 2 aromatic heterocycles. The molecule has 4 heterocycles. The Morgan fingerprint density at radius 3 is 2.77 bits per heavy atom. The van der Waals surface area contributed by atoms with Gasteiger partial charge in [-0.2, -0.15) is 0 Å². The van der Waals surface area contributed by atoms with Gasteiger partial charge in [0.1, 0.15) is 25.8 Å². The highest BCUT2D eigenvalue weighted by Crippen LogP contribution is 2.45. The van der Waals surface area contributed by atoms with Gasteiger partial charge < -0.3 is 34.9 Å². The smallest absolute Gasteiger partial charge is 0.343 e. The number of hydrogen-bond acceptors (Lipinski definition) is 9. The van der Waals surface area contributed by atoms with Crippen LogP contribution in [0.1, 0.15) is 65.6 Å². The molecule has 2 atom stereocenters. The van der Waals surface area contributed by atoms with Crippen molar-refractivity contribution in [3.8, 4) is 11.4 Å². The Morgan fingerprint density at radius 2 is 2.02 bits per heavy atom. The van der Waals surface area contributed by atoms with E-state index >= 15 is 4.39 Å². The molecule has 0 saturated carbocycles. The van der Waals surface area contributed by atoms with Crippen molar-refractivity contribution in [3.63, 3.8) is 0 Å². The maximum Gasteiger partial charge on any atom is 0.343 e. The van der Waals surface area contributed by atoms with Crippen LogP contribution in [0.3, 0.4) is 0 Å². The van der Waals surface area contributed by atoms with Crippen LogP contribution in [0.2, 0.25) is 0 Å². The number of aryl methyl sites for hydroxylation is 1. The van der Waals surface area contributed by atoms with Crippen molar-refractivity contribution in [2.24, 2.45) is 0 Å². The van der Waals surface area contributed by atoms with Crippen LogP contribution in [-0.4, -0.2) is 57.5 Å². The molecule has 0 bridgehead atoms. The summed E-state index contributed by atoms with van der Waals surface area (Å²) in [5.74, 6) is -2.08. The molecule has 1 aromatic carbocycles. The standard InChI is InChI=1S/C30H31FN4O8/c1-3-30(41)18-8-22-27-16(10-35(22)28(39)17(18)11-43-29(30)40)26-20(33-24(38)12-42-13-32-23(37)6-7-36)5-4-15-14(2)19(31)9-21(34-27)25(15)26/h8-9,20,36,41H,3-7,10-13H2,1-2H3,(H,32,37)(H,33,38)/t20-,30-/m0/s1. The number of aliphatic hydroxyl groups is 2. The van der Waals surface area contributed by atoms with Crippen LogP contribution in [-0.2, 0) is 49.0 Å². The van der Waals surface area contributed by atoms with Crippen LogP contribution in [0.25, 0.3) is 22.3 Å². The van der Waals surface area contributed by atoms with Gasteiger partial charge in [0.15, 0.2) is 5.60 Å². The first-order valence-electron chi connectivity index (χ1n) is 14.1. The fourth-order valence-corrected chi connectivity index (χ4v) is 6.40. The molecule has 0 unspecified atom stereocenters. The van der Waals surface area contributed by atoms with Crippen LogP contribution in [0.5, 0.6) is 0 Å². The molecule has 4 N–H and O–H groups in total. The molecule has 13 heteroatoms. The van der Waals surface area contributed by atoms with Crippen molar-refractivity contribution in [3.05, 3.63) is 61.7 Å². The van der Waals surface area contributed by atoms with E-state index in [9.17, 15) is 24.3 Å². The normalized spacial score (nSPS) is 19.8. The zero-order valence-corrected chi connectivity index (χ0v) is 23.7. The molecule has 0 saturated heterocycles. The lowest BCUT2D eigenvalue weighted by molar-refractivity contribution is -0.172. The number of aromatic nitrogens is 2. The first-order valence-corrected chi connectivity index (χ1v) is 14.1. The third-order valence-corrected chi connectivity index (χ3v) is 8.66. The second-order valence-corrected chi connectivity index (χ2v) is 11.0. The number of cyclic esters (lactones) is 1. The molecule has 0 fully saturated rings. The van der Waals surface area contributed by atoms with Crippen LogP contribution in [0.4, 0.5) is 4.39 Å². The lowest BCUT2D eigenvalue weighted by Gasteiger charge is -2.31. The number of hydrogen-bond donors (Lipinski definition) is 4. The van der Waals surface area contributed by atoms with Gasteiger partial charge in [0.25, 0.3) is 5.56 Å². The number of pyridine rings is 2. The summed E-state index contributed by atoms with van der Waals surface area (Å²) in [6.07, 6.45) is 0.873. The number of benzene rings is 1. The summed E-state index contributed by atoms with van der Waals surface area (Å²) in [4.78, 5) is 55.5. The zero-order valence-electron chi connectivity index (χ0n) is 23.7. The molecular formula is C30H31FN4O8. The average Bonchev–Trinajstić information content (AvgIpc) is 3.35. The SMILES string of the molecule is CC[C@@]1(O)C(=O)OCc2c1cc1n(c2=O)Cc2c-1nc1cc(F)c(C)c3c1c2[C@@H](NC(=O)COCNC(=O)CCO)CC3. The Balaban J connectivity index is 1.42. The average molecular weight is 595 g/mol. The number of rotatable bonds is 8. The van der Waals surface area contributed by atoms with Gasteiger partial charge in [0.2, 0.25) is 11.8 Å². The van der Waals surface area contributed by atoms with Gasteiger partial charge in [-0.1, -0.05) is 6.92 Å². The Bertz CT molecular complexity index is 1770. The van der Waals surface area contributed by atoms with Crippen molar-refractivity contribution >= 4 is 28.7 Å². The minimum absolute atomic E-state index is 0.000122. The predicted molar refractivity (Wildman–Crippen MR) is 149 cm³/mol. The van der Waals surface area contributed by atoms with Gasteiger partial charge >= 0.3 is 5.97 Å². The number of nitrogens with zero attached hydrogens (tertiary/aromatic N) is 2. The molecule has 1 aliphatic carbocycles. The number of aliphatic hydroxyl groups excluding tert-OH is 1. The number of carbonyl (C=O) groups excluding carboxylic acids is 3. The first kappa shape index (κ1) is 28.9. The molecule has 226 valence electrons. The molecule has 3 aliphatic rings. The summed E-state index contributed by atoms with van der Waals surface area (Å²) >= 11 is 0. The lowest BCUT2D eigenvalue weighted by atomic mass is 9.81. The third kappa shape index (κ3) is 4.58. The fourth-order valence-electron chi connectivity index (χ4n) is 6.40. The van der Waals surface area contributed by atoms with E-state index < -0.39 is 40.8 Å². The summed E-state index contributed by atoms with van der Waals surface area (Å²) in [5, 5.41) is 26.2. The number of esters is 1. The molecule has 0 radical (unpaired) electrons. The maximum absolute atomic E-state index is 15.1. The zero-order chi connectivity index (χ0) is 30.6. The van der Waals surface area contributed by atoms with Crippen molar-refractivity contribution in [1.29, 1.82) is 0 Å². The van der Waals surface area contributed by atoms with E-state index in [1.54, 1.807) is 19.9 Å². The van der Waals surface area contributed by atoms with E-state index in [0.29, 0.717) is 40.9 Å². The molecular weight excluding hydrogens is 563 g/mol. The van der Waals surface area contributed by atoms with E-state index in [1.807, 2.05) is 0 Å². The Kier molecular flexibility index (Phi) is 7.27. The summed E-state index contributed by atoms with van der Waals surface area (Å²) in [6, 6.07) is 2.44. The molecule has 12 nitrogen and oxygen atoms in total. The monoisotopic (exact) mass is 594 g/mol. The van der Waals surface area contributed by atoms with Gasteiger partial charge in [-0.25, -0.2) is 14.2 Å². The highest BCUT2D eigenvalue weighted by Gasteiger charge is 2.46. The molecule has 3 aromatic rings. The van der Waals surface area contributed by atoms with Gasteiger partial charge in [0, 0.05) is 29.0 Å². The van der Waals surface area contributed by atoms with Gasteiger partial charge in [-0.05, 0) is 48.9 Å². The number of carbonyl (C=O) groups is 3. The molecule has 43 heavy (non-hydrogen) atoms. The van der Waals surface area contributed by atoms with Crippen LogP contribution < -0.4 is 16.2 Å². The molecule has 2 amide bonds. The number of amides is 2. The van der Waals surface area contributed by atoms with Crippen LogP contribution >= 0.6 is 0 Å². The van der Waals surface area contributed by atoms with Crippen molar-refractivity contribution in [2.45, 2.75) is 64.3 Å². The summed E-state index contributed by atoms with van der Waals surface area (Å²) in [5.41, 5.74) is 1.84. The largest absolute Gasteiger partial charge is 0.458 e. The number of halogens is 1. The molecule has 6 rings (SSSR count). The fraction of sp³-hybridized carbons (Fsp3) is 0.433. The van der Waals surface area contributed by atoms with Crippen molar-refractivity contribution in [2.75, 3.05) is 19.9 Å². The first-order chi connectivity index (χ1) is 20.6. The van der Waals surface area contributed by atoms with Crippen LogP contribution in [0.15, 0.2) is 16.9 Å². The molecule has 2 aliphatic heterocycles. The minimum Gasteiger partial charge on any atom is -0.458 e. The van der Waals surface area contributed by atoms with Crippen molar-refractivity contribution in [1.82, 2.24) is 20.2 Å². The summed E-state index contributed by atoms with van der Waals surface area (Å²) in [6.45, 7) is 2.36. The highest BCUT2D eigenvalue weighted by molar-refractivity contribution is 5.94. The minimum atomic E-state index is -1.99. The number of fused-ring (bicyclic) bond motifs is 5. The second kappa shape index (κ2) is 10.8. The summed E-state index contributed by atoms with van der Waals surface area (Å²) < 4.78 is 27.0. The van der Waals surface area contributed by atoms with E-state index in [4.69, 9.17) is 19.6 Å². The quantitative estimate of drug-likeness (QED) is 0.133. The van der Waals surface area contributed by atoms with E-state index in [2.05, 4.69) is 10.6 Å². The second-order valence-electron chi connectivity index (χ2n) is 11.0. The maximum atomic E-state index is 15.1. The van der Waals surface area contributed by atoms with Crippen molar-refractivity contribution < 1.29 is 38.5 Å². The Labute approximate surface area is 244 Å². The van der Waals surface area contributed by atoms with E-state index in [1.165, 1.54) is 10.6 Å². The predicted octanol–water partition coefficient (Wildman–Crippen LogP) is 1.10. The number of nitrogens with one attached hydrogen (secondary N) is 2.